The maximum absolute atomic E-state index is 12.2. The molecule has 1 heterocycles. The van der Waals surface area contributed by atoms with Crippen molar-refractivity contribution in [1.82, 2.24) is 20.9 Å². The van der Waals surface area contributed by atoms with Gasteiger partial charge in [0.15, 0.2) is 5.96 Å². The van der Waals surface area contributed by atoms with Crippen LogP contribution in [0, 0.1) is 0 Å². The lowest BCUT2D eigenvalue weighted by Gasteiger charge is -2.15. The molecule has 34 heavy (non-hydrogen) atoms. The molecule has 1 atom stereocenters. The molecule has 0 saturated carbocycles. The van der Waals surface area contributed by atoms with Gasteiger partial charge < -0.3 is 16.0 Å². The Bertz CT molecular complexity index is 892. The van der Waals surface area contributed by atoms with E-state index in [9.17, 15) is 4.79 Å². The zero-order valence-corrected chi connectivity index (χ0v) is 23.1. The van der Waals surface area contributed by atoms with Gasteiger partial charge in [0.1, 0.15) is 0 Å². The molecule has 1 aliphatic rings. The van der Waals surface area contributed by atoms with Crippen molar-refractivity contribution in [2.75, 3.05) is 19.6 Å². The zero-order chi connectivity index (χ0) is 23.5. The Balaban J connectivity index is 0.00000408. The van der Waals surface area contributed by atoms with Crippen LogP contribution in [0.15, 0.2) is 53.5 Å². The largest absolute Gasteiger partial charge is 0.357 e. The van der Waals surface area contributed by atoms with Crippen LogP contribution in [0.3, 0.4) is 0 Å². The lowest BCUT2D eigenvalue weighted by Crippen LogP contribution is -2.36. The van der Waals surface area contributed by atoms with E-state index in [1.807, 2.05) is 31.2 Å². The molecule has 0 spiro atoms. The van der Waals surface area contributed by atoms with Gasteiger partial charge in [0.2, 0.25) is 0 Å². The van der Waals surface area contributed by atoms with Gasteiger partial charge >= 0.3 is 0 Å². The highest BCUT2D eigenvalue weighted by molar-refractivity contribution is 14.0. The van der Waals surface area contributed by atoms with E-state index in [4.69, 9.17) is 4.99 Å². The first kappa shape index (κ1) is 28.1. The summed E-state index contributed by atoms with van der Waals surface area (Å²) in [4.78, 5) is 19.5. The van der Waals surface area contributed by atoms with Crippen molar-refractivity contribution in [3.05, 3.63) is 70.8 Å². The minimum absolute atomic E-state index is 0. The summed E-state index contributed by atoms with van der Waals surface area (Å²) in [6.07, 6.45) is 3.57. The van der Waals surface area contributed by atoms with Crippen molar-refractivity contribution in [3.63, 3.8) is 0 Å². The van der Waals surface area contributed by atoms with E-state index < -0.39 is 0 Å². The molecule has 1 unspecified atom stereocenters. The summed E-state index contributed by atoms with van der Waals surface area (Å²) in [5, 5.41) is 9.73. The van der Waals surface area contributed by atoms with E-state index in [-0.39, 0.29) is 35.9 Å². The van der Waals surface area contributed by atoms with Crippen LogP contribution in [0.1, 0.15) is 67.1 Å². The van der Waals surface area contributed by atoms with Crippen LogP contribution in [0.25, 0.3) is 0 Å². The van der Waals surface area contributed by atoms with Crippen LogP contribution in [0.4, 0.5) is 0 Å². The molecule has 0 radical (unpaired) electrons. The second-order valence-corrected chi connectivity index (χ2v) is 8.83. The molecule has 1 aliphatic heterocycles. The Morgan fingerprint density at radius 2 is 1.56 bits per heavy atom. The Morgan fingerprint density at radius 3 is 2.18 bits per heavy atom. The summed E-state index contributed by atoms with van der Waals surface area (Å²) in [6.45, 7) is 11.7. The number of rotatable bonds is 10. The molecule has 2 aromatic rings. The lowest BCUT2D eigenvalue weighted by molar-refractivity contribution is 0.0939. The second kappa shape index (κ2) is 15.0. The standard InChI is InChI=1S/C27H39N5O.HI/c1-4-21(3)31-26(33)25-14-12-23(13-15-25)19-30-27(28-5-2)29-18-22-8-10-24(11-9-22)20-32-16-6-7-17-32;/h8-15,21H,4-7,16-20H2,1-3H3,(H,31,33)(H2,28,29,30);1H. The average Bonchev–Trinajstić information content (AvgIpc) is 3.35. The van der Waals surface area contributed by atoms with E-state index in [1.165, 1.54) is 37.1 Å². The number of carbonyl (C=O) groups is 1. The van der Waals surface area contributed by atoms with Crippen LogP contribution in [0.5, 0.6) is 0 Å². The number of benzene rings is 2. The molecule has 3 N–H and O–H groups in total. The van der Waals surface area contributed by atoms with E-state index in [1.54, 1.807) is 0 Å². The number of hydrogen-bond donors (Lipinski definition) is 3. The number of likely N-dealkylation sites (tertiary alicyclic amines) is 1. The van der Waals surface area contributed by atoms with E-state index in [2.05, 4.69) is 59.0 Å². The number of guanidine groups is 1. The number of nitrogens with zero attached hydrogens (tertiary/aromatic N) is 2. The van der Waals surface area contributed by atoms with Crippen molar-refractivity contribution in [2.45, 2.75) is 65.7 Å². The number of nitrogens with one attached hydrogen (secondary N) is 3. The Hall–Kier alpha value is -2.13. The summed E-state index contributed by atoms with van der Waals surface area (Å²) in [6, 6.07) is 16.7. The SMILES string of the molecule is CCNC(=NCc1ccc(C(=O)NC(C)CC)cc1)NCc1ccc(CN2CCCC2)cc1.I. The average molecular weight is 578 g/mol. The monoisotopic (exact) mass is 577 g/mol. The molecular weight excluding hydrogens is 537 g/mol. The molecule has 7 heteroatoms. The third-order valence-electron chi connectivity index (χ3n) is 6.06. The fraction of sp³-hybridized carbons (Fsp3) is 0.481. The third kappa shape index (κ3) is 9.25. The molecule has 0 bridgehead atoms. The number of halogens is 1. The lowest BCUT2D eigenvalue weighted by atomic mass is 10.1. The molecule has 1 amide bonds. The normalized spacial score (nSPS) is 14.9. The molecule has 186 valence electrons. The number of amides is 1. The second-order valence-electron chi connectivity index (χ2n) is 8.83. The van der Waals surface area contributed by atoms with E-state index in [0.29, 0.717) is 12.1 Å². The minimum atomic E-state index is -0.0270. The van der Waals surface area contributed by atoms with E-state index >= 15 is 0 Å². The van der Waals surface area contributed by atoms with Gasteiger partial charge in [-0.25, -0.2) is 4.99 Å². The van der Waals surface area contributed by atoms with Gasteiger partial charge in [-0.15, -0.1) is 24.0 Å². The molecule has 0 aliphatic carbocycles. The Morgan fingerprint density at radius 1 is 0.941 bits per heavy atom. The Labute approximate surface area is 222 Å². The van der Waals surface area contributed by atoms with Crippen LogP contribution in [-0.4, -0.2) is 42.4 Å². The van der Waals surface area contributed by atoms with Gasteiger partial charge in [-0.3, -0.25) is 9.69 Å². The van der Waals surface area contributed by atoms with Gasteiger partial charge in [0.25, 0.3) is 5.91 Å². The molecule has 1 saturated heterocycles. The summed E-state index contributed by atoms with van der Waals surface area (Å²) in [5.74, 6) is 0.762. The highest BCUT2D eigenvalue weighted by Crippen LogP contribution is 2.13. The van der Waals surface area contributed by atoms with Gasteiger partial charge in [-0.1, -0.05) is 43.3 Å². The van der Waals surface area contributed by atoms with Crippen LogP contribution in [0.2, 0.25) is 0 Å². The number of carbonyl (C=O) groups excluding carboxylic acids is 1. The zero-order valence-electron chi connectivity index (χ0n) is 20.8. The fourth-order valence-electron chi connectivity index (χ4n) is 3.83. The summed E-state index contributed by atoms with van der Waals surface area (Å²) in [7, 11) is 0. The molecular formula is C27H40IN5O. The van der Waals surface area contributed by atoms with Gasteiger partial charge in [-0.05, 0) is 75.0 Å². The van der Waals surface area contributed by atoms with Crippen LogP contribution in [-0.2, 0) is 19.6 Å². The molecule has 2 aromatic carbocycles. The minimum Gasteiger partial charge on any atom is -0.357 e. The quantitative estimate of drug-likeness (QED) is 0.218. The summed E-state index contributed by atoms with van der Waals surface area (Å²) in [5.41, 5.74) is 4.37. The number of hydrogen-bond acceptors (Lipinski definition) is 3. The van der Waals surface area contributed by atoms with Crippen molar-refractivity contribution in [1.29, 1.82) is 0 Å². The van der Waals surface area contributed by atoms with Crippen molar-refractivity contribution >= 4 is 35.8 Å². The predicted octanol–water partition coefficient (Wildman–Crippen LogP) is 4.68. The van der Waals surface area contributed by atoms with Crippen molar-refractivity contribution in [2.24, 2.45) is 4.99 Å². The highest BCUT2D eigenvalue weighted by atomic mass is 127. The molecule has 6 nitrogen and oxygen atoms in total. The first-order valence-electron chi connectivity index (χ1n) is 12.3. The summed E-state index contributed by atoms with van der Waals surface area (Å²) >= 11 is 0. The summed E-state index contributed by atoms with van der Waals surface area (Å²) < 4.78 is 0. The van der Waals surface area contributed by atoms with Gasteiger partial charge in [0.05, 0.1) is 6.54 Å². The maximum atomic E-state index is 12.2. The van der Waals surface area contributed by atoms with Gasteiger partial charge in [0, 0.05) is 31.2 Å². The first-order valence-corrected chi connectivity index (χ1v) is 12.3. The first-order chi connectivity index (χ1) is 16.1. The van der Waals surface area contributed by atoms with Crippen molar-refractivity contribution in [3.8, 4) is 0 Å². The van der Waals surface area contributed by atoms with Crippen LogP contribution >= 0.6 is 24.0 Å². The Kier molecular flexibility index (Phi) is 12.4. The van der Waals surface area contributed by atoms with E-state index in [0.717, 1.165) is 37.6 Å². The topological polar surface area (TPSA) is 68.8 Å². The van der Waals surface area contributed by atoms with Crippen LogP contribution < -0.4 is 16.0 Å². The highest BCUT2D eigenvalue weighted by Gasteiger charge is 2.11. The van der Waals surface area contributed by atoms with Gasteiger partial charge in [-0.2, -0.15) is 0 Å². The predicted molar refractivity (Wildman–Crippen MR) is 152 cm³/mol. The van der Waals surface area contributed by atoms with Crippen molar-refractivity contribution < 1.29 is 4.79 Å². The maximum Gasteiger partial charge on any atom is 0.251 e. The fourth-order valence-corrected chi connectivity index (χ4v) is 3.83. The number of aliphatic imine (C=N–C) groups is 1. The molecule has 1 fully saturated rings. The third-order valence-corrected chi connectivity index (χ3v) is 6.06. The molecule has 3 rings (SSSR count). The smallest absolute Gasteiger partial charge is 0.251 e. The molecule has 0 aromatic heterocycles.